The van der Waals surface area contributed by atoms with E-state index in [9.17, 15) is 18.0 Å². The summed E-state index contributed by atoms with van der Waals surface area (Å²) < 4.78 is 27.6. The van der Waals surface area contributed by atoms with Gasteiger partial charge in [0.2, 0.25) is 21.8 Å². The summed E-state index contributed by atoms with van der Waals surface area (Å²) in [5.41, 5.74) is 4.71. The number of hydrogen-bond donors (Lipinski definition) is 2. The summed E-state index contributed by atoms with van der Waals surface area (Å²) in [6.07, 6.45) is 5.63. The van der Waals surface area contributed by atoms with E-state index in [1.807, 2.05) is 97.1 Å². The third kappa shape index (κ3) is 7.95. The van der Waals surface area contributed by atoms with Crippen molar-refractivity contribution in [1.29, 1.82) is 0 Å². The zero-order valence-corrected chi connectivity index (χ0v) is 24.0. The minimum Gasteiger partial charge on any atom is -0.330 e. The topological polar surface area (TPSA) is 95.6 Å². The van der Waals surface area contributed by atoms with E-state index in [4.69, 9.17) is 0 Å². The van der Waals surface area contributed by atoms with Crippen LogP contribution in [-0.4, -0.2) is 37.7 Å². The first-order valence-electron chi connectivity index (χ1n) is 13.9. The highest BCUT2D eigenvalue weighted by Gasteiger charge is 2.33. The molecule has 1 saturated heterocycles. The fourth-order valence-corrected chi connectivity index (χ4v) is 6.18. The summed E-state index contributed by atoms with van der Waals surface area (Å²) >= 11 is 0. The summed E-state index contributed by atoms with van der Waals surface area (Å²) in [5.74, 6) is -0.286. The summed E-state index contributed by atoms with van der Waals surface area (Å²) in [6.45, 7) is 0.591. The van der Waals surface area contributed by atoms with Crippen molar-refractivity contribution >= 4 is 45.4 Å². The molecule has 1 aliphatic heterocycles. The normalized spacial score (nSPS) is 15.0. The van der Waals surface area contributed by atoms with Crippen LogP contribution in [0, 0.1) is 0 Å². The molecule has 0 aliphatic carbocycles. The molecule has 4 aromatic rings. The molecule has 1 fully saturated rings. The molecule has 2 N–H and O–H groups in total. The quantitative estimate of drug-likeness (QED) is 0.226. The van der Waals surface area contributed by atoms with Gasteiger partial charge in [-0.1, -0.05) is 97.1 Å². The zero-order valence-electron chi connectivity index (χ0n) is 23.1. The molecule has 8 heteroatoms. The van der Waals surface area contributed by atoms with E-state index < -0.39 is 16.1 Å². The van der Waals surface area contributed by atoms with Crippen LogP contribution in [0.2, 0.25) is 0 Å². The number of sulfonamides is 1. The summed E-state index contributed by atoms with van der Waals surface area (Å²) in [6, 6.07) is 32.8. The van der Waals surface area contributed by atoms with Crippen LogP contribution in [0.5, 0.6) is 0 Å². The van der Waals surface area contributed by atoms with Crippen LogP contribution in [0.1, 0.15) is 35.1 Å². The second-order valence-corrected chi connectivity index (χ2v) is 12.0. The molecular formula is C34H33N3O4S. The molecule has 0 bridgehead atoms. The van der Waals surface area contributed by atoms with Crippen molar-refractivity contribution in [2.45, 2.75) is 31.1 Å². The maximum Gasteiger partial charge on any atom is 0.247 e. The Kier molecular flexibility index (Phi) is 9.14. The number of carbonyl (C=O) groups is 2. The van der Waals surface area contributed by atoms with E-state index in [0.717, 1.165) is 28.7 Å². The van der Waals surface area contributed by atoms with Crippen molar-refractivity contribution in [1.82, 2.24) is 4.90 Å². The number of benzene rings is 4. The van der Waals surface area contributed by atoms with E-state index >= 15 is 0 Å². The number of carbonyl (C=O) groups excluding carboxylic acids is 2. The SMILES string of the molecule is O=C(Nc1ccc(/C=C/c2ccc(NS(=O)(=O)Cc3ccccc3)cc2)cc1)[C@@H]1CCCN1C(=O)Cc1ccccc1. The third-order valence-corrected chi connectivity index (χ3v) is 8.36. The molecule has 0 unspecified atom stereocenters. The number of anilines is 2. The second kappa shape index (κ2) is 13.3. The van der Waals surface area contributed by atoms with Gasteiger partial charge >= 0.3 is 0 Å². The molecule has 1 heterocycles. The van der Waals surface area contributed by atoms with Gasteiger partial charge in [-0.25, -0.2) is 8.42 Å². The largest absolute Gasteiger partial charge is 0.330 e. The molecule has 0 aromatic heterocycles. The van der Waals surface area contributed by atoms with E-state index in [-0.39, 0.29) is 24.0 Å². The lowest BCUT2D eigenvalue weighted by atomic mass is 10.1. The molecule has 1 aliphatic rings. The van der Waals surface area contributed by atoms with Gasteiger partial charge < -0.3 is 10.2 Å². The van der Waals surface area contributed by atoms with Crippen molar-refractivity contribution in [3.05, 3.63) is 131 Å². The minimum absolute atomic E-state index is 0.0306. The van der Waals surface area contributed by atoms with Gasteiger partial charge in [-0.3, -0.25) is 14.3 Å². The Morgan fingerprint density at radius 3 is 1.88 bits per heavy atom. The highest BCUT2D eigenvalue weighted by Crippen LogP contribution is 2.22. The first kappa shape index (κ1) is 28.8. The Morgan fingerprint density at radius 2 is 1.29 bits per heavy atom. The third-order valence-electron chi connectivity index (χ3n) is 7.10. The van der Waals surface area contributed by atoms with Gasteiger partial charge in [-0.15, -0.1) is 0 Å². The Labute approximate surface area is 247 Å². The maximum atomic E-state index is 13.0. The molecular weight excluding hydrogens is 546 g/mol. The predicted octanol–water partition coefficient (Wildman–Crippen LogP) is 5.97. The van der Waals surface area contributed by atoms with Crippen LogP contribution in [-0.2, 0) is 31.8 Å². The van der Waals surface area contributed by atoms with Gasteiger partial charge in [0.15, 0.2) is 0 Å². The highest BCUT2D eigenvalue weighted by molar-refractivity contribution is 7.91. The zero-order chi connectivity index (χ0) is 29.4. The average Bonchev–Trinajstić information content (AvgIpc) is 3.49. The van der Waals surface area contributed by atoms with Gasteiger partial charge in [0, 0.05) is 17.9 Å². The highest BCUT2D eigenvalue weighted by atomic mass is 32.2. The molecule has 5 rings (SSSR count). The van der Waals surface area contributed by atoms with Crippen molar-refractivity contribution in [3.8, 4) is 0 Å². The standard InChI is InChI=1S/C34H33N3O4S/c38-33(24-28-8-3-1-4-9-28)37-23-7-12-32(37)34(39)35-30-19-15-26(16-20-30)13-14-27-17-21-31(22-18-27)36-42(40,41)25-29-10-5-2-6-11-29/h1-6,8-11,13-22,32,36H,7,12,23-25H2,(H,35,39)/b14-13+/t32-/m0/s1. The van der Waals surface area contributed by atoms with Gasteiger partial charge in [-0.05, 0) is 59.4 Å². The molecule has 4 aromatic carbocycles. The van der Waals surface area contributed by atoms with Gasteiger partial charge in [-0.2, -0.15) is 0 Å². The minimum atomic E-state index is -3.51. The van der Waals surface area contributed by atoms with Crippen LogP contribution in [0.25, 0.3) is 12.2 Å². The monoisotopic (exact) mass is 579 g/mol. The molecule has 0 saturated carbocycles. The lowest BCUT2D eigenvalue weighted by Crippen LogP contribution is -2.43. The van der Waals surface area contributed by atoms with Gasteiger partial charge in [0.25, 0.3) is 0 Å². The molecule has 7 nitrogen and oxygen atoms in total. The fourth-order valence-electron chi connectivity index (χ4n) is 4.98. The molecule has 42 heavy (non-hydrogen) atoms. The number of nitrogens with one attached hydrogen (secondary N) is 2. The van der Waals surface area contributed by atoms with Crippen LogP contribution < -0.4 is 10.0 Å². The number of nitrogens with zero attached hydrogens (tertiary/aromatic N) is 1. The van der Waals surface area contributed by atoms with Crippen LogP contribution in [0.4, 0.5) is 11.4 Å². The van der Waals surface area contributed by atoms with E-state index in [2.05, 4.69) is 10.0 Å². The molecule has 1 atom stereocenters. The summed E-state index contributed by atoms with van der Waals surface area (Å²) in [7, 11) is -3.51. The first-order chi connectivity index (χ1) is 20.3. The fraction of sp³-hybridized carbons (Fsp3) is 0.176. The Morgan fingerprint density at radius 1 is 0.738 bits per heavy atom. The average molecular weight is 580 g/mol. The molecule has 0 spiro atoms. The van der Waals surface area contributed by atoms with E-state index in [1.54, 1.807) is 29.2 Å². The summed E-state index contributed by atoms with van der Waals surface area (Å²) in [5, 5.41) is 2.96. The second-order valence-electron chi connectivity index (χ2n) is 10.3. The van der Waals surface area contributed by atoms with Crippen LogP contribution >= 0.6 is 0 Å². The van der Waals surface area contributed by atoms with Crippen molar-refractivity contribution in [2.75, 3.05) is 16.6 Å². The van der Waals surface area contributed by atoms with E-state index in [1.165, 1.54) is 0 Å². The molecule has 214 valence electrons. The molecule has 0 radical (unpaired) electrons. The van der Waals surface area contributed by atoms with Crippen LogP contribution in [0.3, 0.4) is 0 Å². The number of hydrogen-bond acceptors (Lipinski definition) is 4. The number of likely N-dealkylation sites (tertiary alicyclic amines) is 1. The van der Waals surface area contributed by atoms with Crippen molar-refractivity contribution < 1.29 is 18.0 Å². The molecule has 2 amide bonds. The lowest BCUT2D eigenvalue weighted by Gasteiger charge is -2.24. The Hall–Kier alpha value is -4.69. The number of amides is 2. The van der Waals surface area contributed by atoms with Crippen molar-refractivity contribution in [3.63, 3.8) is 0 Å². The first-order valence-corrected chi connectivity index (χ1v) is 15.6. The van der Waals surface area contributed by atoms with Crippen molar-refractivity contribution in [2.24, 2.45) is 0 Å². The van der Waals surface area contributed by atoms with Gasteiger partial charge in [0.05, 0.1) is 12.2 Å². The van der Waals surface area contributed by atoms with Crippen LogP contribution in [0.15, 0.2) is 109 Å². The predicted molar refractivity (Wildman–Crippen MR) is 168 cm³/mol. The lowest BCUT2D eigenvalue weighted by molar-refractivity contribution is -0.136. The Balaban J connectivity index is 1.13. The summed E-state index contributed by atoms with van der Waals surface area (Å²) in [4.78, 5) is 27.6. The van der Waals surface area contributed by atoms with E-state index in [0.29, 0.717) is 24.3 Å². The maximum absolute atomic E-state index is 13.0. The number of rotatable bonds is 10. The Bertz CT molecular complexity index is 1640. The smallest absolute Gasteiger partial charge is 0.247 e. The van der Waals surface area contributed by atoms with Gasteiger partial charge in [0.1, 0.15) is 6.04 Å².